The highest BCUT2D eigenvalue weighted by Crippen LogP contribution is 2.21. The monoisotopic (exact) mass is 301 g/mol. The second kappa shape index (κ2) is 7.59. The van der Waals surface area contributed by atoms with E-state index in [-0.39, 0.29) is 0 Å². The number of hydrogen-bond donors (Lipinski definition) is 2. The SMILES string of the molecule is COC(=O)[C@@H](N)[C@@H](O)c1ccc(OCc2ccccc2)cc1. The van der Waals surface area contributed by atoms with E-state index in [9.17, 15) is 9.90 Å². The maximum absolute atomic E-state index is 11.3. The van der Waals surface area contributed by atoms with Gasteiger partial charge in [0.15, 0.2) is 0 Å². The van der Waals surface area contributed by atoms with Gasteiger partial charge in [-0.25, -0.2) is 0 Å². The van der Waals surface area contributed by atoms with E-state index in [4.69, 9.17) is 10.5 Å². The summed E-state index contributed by atoms with van der Waals surface area (Å²) in [6.45, 7) is 0.463. The highest BCUT2D eigenvalue weighted by molar-refractivity contribution is 5.76. The van der Waals surface area contributed by atoms with Gasteiger partial charge < -0.3 is 20.3 Å². The molecule has 0 aromatic heterocycles. The van der Waals surface area contributed by atoms with Crippen LogP contribution >= 0.6 is 0 Å². The van der Waals surface area contributed by atoms with Gasteiger partial charge >= 0.3 is 5.97 Å². The van der Waals surface area contributed by atoms with Gasteiger partial charge in [0.2, 0.25) is 0 Å². The minimum atomic E-state index is -1.12. The molecule has 5 nitrogen and oxygen atoms in total. The third kappa shape index (κ3) is 4.07. The van der Waals surface area contributed by atoms with E-state index in [0.717, 1.165) is 5.56 Å². The molecule has 0 saturated carbocycles. The zero-order chi connectivity index (χ0) is 15.9. The molecule has 0 aliphatic heterocycles. The van der Waals surface area contributed by atoms with Gasteiger partial charge in [-0.1, -0.05) is 42.5 Å². The standard InChI is InChI=1S/C17H19NO4/c1-21-17(20)15(18)16(19)13-7-9-14(10-8-13)22-11-12-5-3-2-4-6-12/h2-10,15-16,19H,11,18H2,1H3/t15-,16-/m0/s1. The fourth-order valence-corrected chi connectivity index (χ4v) is 1.97. The number of benzene rings is 2. The molecule has 0 fully saturated rings. The van der Waals surface area contributed by atoms with Crippen LogP contribution in [0.2, 0.25) is 0 Å². The number of nitrogens with two attached hydrogens (primary N) is 1. The minimum Gasteiger partial charge on any atom is -0.489 e. The Morgan fingerprint density at radius 1 is 1.14 bits per heavy atom. The van der Waals surface area contributed by atoms with E-state index < -0.39 is 18.1 Å². The molecule has 22 heavy (non-hydrogen) atoms. The van der Waals surface area contributed by atoms with Crippen LogP contribution in [0.15, 0.2) is 54.6 Å². The molecule has 116 valence electrons. The van der Waals surface area contributed by atoms with E-state index >= 15 is 0 Å². The van der Waals surface area contributed by atoms with Crippen LogP contribution in [-0.4, -0.2) is 24.2 Å². The van der Waals surface area contributed by atoms with E-state index in [1.54, 1.807) is 24.3 Å². The number of carbonyl (C=O) groups is 1. The first-order valence-electron chi connectivity index (χ1n) is 6.90. The van der Waals surface area contributed by atoms with Gasteiger partial charge in [0.1, 0.15) is 24.5 Å². The molecule has 0 saturated heterocycles. The number of aliphatic hydroxyl groups excluding tert-OH is 1. The van der Waals surface area contributed by atoms with Crippen molar-refractivity contribution in [2.75, 3.05) is 7.11 Å². The van der Waals surface area contributed by atoms with E-state index in [2.05, 4.69) is 4.74 Å². The predicted molar refractivity (Wildman–Crippen MR) is 82.2 cm³/mol. The molecule has 2 rings (SSSR count). The minimum absolute atomic E-state index is 0.463. The Morgan fingerprint density at radius 3 is 2.36 bits per heavy atom. The van der Waals surface area contributed by atoms with E-state index in [1.165, 1.54) is 7.11 Å². The summed E-state index contributed by atoms with van der Waals surface area (Å²) in [5.41, 5.74) is 7.22. The normalized spacial score (nSPS) is 13.2. The topological polar surface area (TPSA) is 81.8 Å². The van der Waals surface area contributed by atoms with Crippen LogP contribution in [0.5, 0.6) is 5.75 Å². The Hall–Kier alpha value is -2.37. The number of carbonyl (C=O) groups excluding carboxylic acids is 1. The average molecular weight is 301 g/mol. The first-order valence-corrected chi connectivity index (χ1v) is 6.90. The number of rotatable bonds is 6. The molecule has 0 spiro atoms. The van der Waals surface area contributed by atoms with Crippen molar-refractivity contribution in [1.29, 1.82) is 0 Å². The molecule has 2 aromatic carbocycles. The molecule has 0 heterocycles. The zero-order valence-corrected chi connectivity index (χ0v) is 12.3. The van der Waals surface area contributed by atoms with Gasteiger partial charge in [-0.3, -0.25) is 4.79 Å². The third-order valence-electron chi connectivity index (χ3n) is 3.28. The van der Waals surface area contributed by atoms with Crippen LogP contribution in [0.1, 0.15) is 17.2 Å². The maximum Gasteiger partial charge on any atom is 0.325 e. The molecular formula is C17H19NO4. The highest BCUT2D eigenvalue weighted by Gasteiger charge is 2.24. The maximum atomic E-state index is 11.3. The molecule has 2 aromatic rings. The van der Waals surface area contributed by atoms with Crippen molar-refractivity contribution in [3.8, 4) is 5.75 Å². The quantitative estimate of drug-likeness (QED) is 0.795. The molecule has 0 aliphatic carbocycles. The van der Waals surface area contributed by atoms with E-state index in [1.807, 2.05) is 30.3 Å². The Kier molecular flexibility index (Phi) is 5.52. The average Bonchev–Trinajstić information content (AvgIpc) is 2.59. The number of ether oxygens (including phenoxy) is 2. The van der Waals surface area contributed by atoms with Gasteiger partial charge in [0, 0.05) is 0 Å². The van der Waals surface area contributed by atoms with Gasteiger partial charge in [-0.15, -0.1) is 0 Å². The summed E-state index contributed by atoms with van der Waals surface area (Å²) in [4.78, 5) is 11.3. The summed E-state index contributed by atoms with van der Waals surface area (Å²) in [7, 11) is 1.23. The first kappa shape index (κ1) is 16.0. The Bertz CT molecular complexity index is 598. The Morgan fingerprint density at radius 2 is 1.77 bits per heavy atom. The van der Waals surface area contributed by atoms with Crippen molar-refractivity contribution < 1.29 is 19.4 Å². The van der Waals surface area contributed by atoms with Gasteiger partial charge in [-0.05, 0) is 23.3 Å². The van der Waals surface area contributed by atoms with Crippen molar-refractivity contribution in [3.05, 3.63) is 65.7 Å². The summed E-state index contributed by atoms with van der Waals surface area (Å²) in [6.07, 6.45) is -1.12. The van der Waals surface area contributed by atoms with Crippen LogP contribution in [0.25, 0.3) is 0 Å². The van der Waals surface area contributed by atoms with Crippen molar-refractivity contribution >= 4 is 5.97 Å². The first-order chi connectivity index (χ1) is 10.6. The summed E-state index contributed by atoms with van der Waals surface area (Å²) in [6, 6.07) is 15.5. The van der Waals surface area contributed by atoms with Crippen molar-refractivity contribution in [2.45, 2.75) is 18.8 Å². The molecule has 0 amide bonds. The summed E-state index contributed by atoms with van der Waals surface area (Å²) < 4.78 is 10.2. The van der Waals surface area contributed by atoms with Crippen molar-refractivity contribution in [2.24, 2.45) is 5.73 Å². The number of esters is 1. The van der Waals surface area contributed by atoms with Crippen LogP contribution in [0.4, 0.5) is 0 Å². The molecule has 0 bridgehead atoms. The van der Waals surface area contributed by atoms with Gasteiger partial charge in [0.25, 0.3) is 0 Å². The number of methoxy groups -OCH3 is 1. The smallest absolute Gasteiger partial charge is 0.325 e. The zero-order valence-electron chi connectivity index (χ0n) is 12.3. The fourth-order valence-electron chi connectivity index (χ4n) is 1.97. The number of hydrogen-bond acceptors (Lipinski definition) is 5. The van der Waals surface area contributed by atoms with Crippen LogP contribution < -0.4 is 10.5 Å². The predicted octanol–water partition coefficient (Wildman–Crippen LogP) is 1.80. The molecular weight excluding hydrogens is 282 g/mol. The summed E-state index contributed by atoms with van der Waals surface area (Å²) in [5.74, 6) is 0.0170. The number of aliphatic hydroxyl groups is 1. The van der Waals surface area contributed by atoms with Crippen LogP contribution in [0.3, 0.4) is 0 Å². The highest BCUT2D eigenvalue weighted by atomic mass is 16.5. The fraction of sp³-hybridized carbons (Fsp3) is 0.235. The Balaban J connectivity index is 1.96. The van der Waals surface area contributed by atoms with Crippen molar-refractivity contribution in [3.63, 3.8) is 0 Å². The largest absolute Gasteiger partial charge is 0.489 e. The molecule has 2 atom stereocenters. The van der Waals surface area contributed by atoms with Gasteiger partial charge in [-0.2, -0.15) is 0 Å². The lowest BCUT2D eigenvalue weighted by molar-refractivity contribution is -0.145. The third-order valence-corrected chi connectivity index (χ3v) is 3.28. The lowest BCUT2D eigenvalue weighted by Gasteiger charge is -2.17. The molecule has 0 aliphatic rings. The Labute approximate surface area is 129 Å². The second-order valence-electron chi connectivity index (χ2n) is 4.84. The lowest BCUT2D eigenvalue weighted by atomic mass is 10.0. The van der Waals surface area contributed by atoms with Crippen LogP contribution in [-0.2, 0) is 16.1 Å². The van der Waals surface area contributed by atoms with Gasteiger partial charge in [0.05, 0.1) is 7.11 Å². The molecule has 0 unspecified atom stereocenters. The molecule has 3 N–H and O–H groups in total. The second-order valence-corrected chi connectivity index (χ2v) is 4.84. The summed E-state index contributed by atoms with van der Waals surface area (Å²) in [5, 5.41) is 10.0. The lowest BCUT2D eigenvalue weighted by Crippen LogP contribution is -2.37. The summed E-state index contributed by atoms with van der Waals surface area (Å²) >= 11 is 0. The van der Waals surface area contributed by atoms with Crippen molar-refractivity contribution in [1.82, 2.24) is 0 Å². The molecule has 5 heteroatoms. The van der Waals surface area contributed by atoms with Crippen LogP contribution in [0, 0.1) is 0 Å². The van der Waals surface area contributed by atoms with E-state index in [0.29, 0.717) is 17.9 Å². The molecule has 0 radical (unpaired) electrons.